The standard InChI is InChI=1S/C18H18ClN3O2/c19-16-11-14(21-17(23)13-5-4-8-20-12-13)6-7-15(16)18(24)22-9-2-1-3-10-22/h4-8,11-12H,1-3,9-10H2,(H,21,23). The van der Waals surface area contributed by atoms with E-state index in [4.69, 9.17) is 11.6 Å². The topological polar surface area (TPSA) is 62.3 Å². The molecule has 124 valence electrons. The lowest BCUT2D eigenvalue weighted by Gasteiger charge is -2.27. The van der Waals surface area contributed by atoms with E-state index in [1.165, 1.54) is 6.20 Å². The molecular weight excluding hydrogens is 326 g/mol. The van der Waals surface area contributed by atoms with Gasteiger partial charge in [0.25, 0.3) is 11.8 Å². The number of nitrogens with one attached hydrogen (secondary N) is 1. The van der Waals surface area contributed by atoms with Gasteiger partial charge >= 0.3 is 0 Å². The number of halogens is 1. The summed E-state index contributed by atoms with van der Waals surface area (Å²) in [5.41, 5.74) is 1.48. The zero-order chi connectivity index (χ0) is 16.9. The molecule has 3 rings (SSSR count). The summed E-state index contributed by atoms with van der Waals surface area (Å²) >= 11 is 6.26. The Labute approximate surface area is 145 Å². The lowest BCUT2D eigenvalue weighted by molar-refractivity contribution is 0.0724. The van der Waals surface area contributed by atoms with Gasteiger partial charge in [-0.2, -0.15) is 0 Å². The average molecular weight is 344 g/mol. The van der Waals surface area contributed by atoms with Gasteiger partial charge in [0, 0.05) is 31.2 Å². The average Bonchev–Trinajstić information content (AvgIpc) is 2.63. The van der Waals surface area contributed by atoms with E-state index in [1.54, 1.807) is 36.5 Å². The van der Waals surface area contributed by atoms with Crippen LogP contribution in [-0.4, -0.2) is 34.8 Å². The number of carbonyl (C=O) groups excluding carboxylic acids is 2. The number of amides is 2. The second-order valence-electron chi connectivity index (χ2n) is 5.74. The first-order valence-corrected chi connectivity index (χ1v) is 8.33. The van der Waals surface area contributed by atoms with E-state index in [1.807, 2.05) is 4.90 Å². The van der Waals surface area contributed by atoms with Crippen molar-refractivity contribution in [2.24, 2.45) is 0 Å². The maximum absolute atomic E-state index is 12.5. The predicted octanol–water partition coefficient (Wildman–Crippen LogP) is 3.61. The summed E-state index contributed by atoms with van der Waals surface area (Å²) < 4.78 is 0. The fourth-order valence-electron chi connectivity index (χ4n) is 2.73. The fourth-order valence-corrected chi connectivity index (χ4v) is 3.00. The third kappa shape index (κ3) is 3.74. The first-order valence-electron chi connectivity index (χ1n) is 7.95. The van der Waals surface area contributed by atoms with Crippen molar-refractivity contribution in [3.63, 3.8) is 0 Å². The Hall–Kier alpha value is -2.40. The van der Waals surface area contributed by atoms with Gasteiger partial charge in [0.05, 0.1) is 16.1 Å². The number of piperidine rings is 1. The van der Waals surface area contributed by atoms with Crippen LogP contribution in [0.25, 0.3) is 0 Å². The zero-order valence-corrected chi connectivity index (χ0v) is 13.9. The number of anilines is 1. The van der Waals surface area contributed by atoms with E-state index < -0.39 is 0 Å². The molecular formula is C18H18ClN3O2. The van der Waals surface area contributed by atoms with Gasteiger partial charge in [-0.25, -0.2) is 0 Å². The molecule has 1 saturated heterocycles. The van der Waals surface area contributed by atoms with Crippen LogP contribution in [0.15, 0.2) is 42.7 Å². The molecule has 6 heteroatoms. The maximum atomic E-state index is 12.5. The van der Waals surface area contributed by atoms with Crippen molar-refractivity contribution in [2.75, 3.05) is 18.4 Å². The van der Waals surface area contributed by atoms with E-state index in [0.29, 0.717) is 21.8 Å². The summed E-state index contributed by atoms with van der Waals surface area (Å²) in [7, 11) is 0. The predicted molar refractivity (Wildman–Crippen MR) is 93.4 cm³/mol. The zero-order valence-electron chi connectivity index (χ0n) is 13.2. The molecule has 0 unspecified atom stereocenters. The Bertz CT molecular complexity index is 743. The molecule has 1 aromatic carbocycles. The lowest BCUT2D eigenvalue weighted by atomic mass is 10.1. The second-order valence-corrected chi connectivity index (χ2v) is 6.15. The van der Waals surface area contributed by atoms with Crippen LogP contribution in [0, 0.1) is 0 Å². The van der Waals surface area contributed by atoms with E-state index in [-0.39, 0.29) is 11.8 Å². The van der Waals surface area contributed by atoms with Crippen molar-refractivity contribution in [1.82, 2.24) is 9.88 Å². The number of likely N-dealkylation sites (tertiary alicyclic amines) is 1. The fraction of sp³-hybridized carbons (Fsp3) is 0.278. The van der Waals surface area contributed by atoms with Gasteiger partial charge in [-0.05, 0) is 49.6 Å². The van der Waals surface area contributed by atoms with Crippen molar-refractivity contribution in [3.05, 3.63) is 58.9 Å². The number of hydrogen-bond donors (Lipinski definition) is 1. The van der Waals surface area contributed by atoms with Crippen molar-refractivity contribution >= 4 is 29.1 Å². The van der Waals surface area contributed by atoms with Crippen molar-refractivity contribution in [2.45, 2.75) is 19.3 Å². The van der Waals surface area contributed by atoms with Crippen LogP contribution in [0.2, 0.25) is 5.02 Å². The Morgan fingerprint density at radius 1 is 1.12 bits per heavy atom. The molecule has 0 spiro atoms. The molecule has 2 amide bonds. The summed E-state index contributed by atoms with van der Waals surface area (Å²) in [6.45, 7) is 1.54. The van der Waals surface area contributed by atoms with Crippen LogP contribution in [0.5, 0.6) is 0 Å². The van der Waals surface area contributed by atoms with E-state index in [9.17, 15) is 9.59 Å². The Morgan fingerprint density at radius 2 is 1.92 bits per heavy atom. The first-order chi connectivity index (χ1) is 11.6. The molecule has 5 nitrogen and oxygen atoms in total. The Kier molecular flexibility index (Phi) is 5.11. The minimum Gasteiger partial charge on any atom is -0.339 e. The number of benzene rings is 1. The van der Waals surface area contributed by atoms with E-state index >= 15 is 0 Å². The molecule has 0 bridgehead atoms. The number of hydrogen-bond acceptors (Lipinski definition) is 3. The van der Waals surface area contributed by atoms with Crippen LogP contribution in [0.3, 0.4) is 0 Å². The molecule has 0 saturated carbocycles. The molecule has 0 atom stereocenters. The number of aromatic nitrogens is 1. The summed E-state index contributed by atoms with van der Waals surface area (Å²) in [6, 6.07) is 8.34. The molecule has 24 heavy (non-hydrogen) atoms. The minimum atomic E-state index is -0.269. The van der Waals surface area contributed by atoms with E-state index in [0.717, 1.165) is 32.4 Å². The summed E-state index contributed by atoms with van der Waals surface area (Å²) in [6.07, 6.45) is 6.32. The van der Waals surface area contributed by atoms with Crippen LogP contribution >= 0.6 is 11.6 Å². The number of carbonyl (C=O) groups is 2. The molecule has 1 aromatic heterocycles. The molecule has 1 fully saturated rings. The van der Waals surface area contributed by atoms with Gasteiger partial charge in [0.1, 0.15) is 0 Å². The largest absolute Gasteiger partial charge is 0.339 e. The van der Waals surface area contributed by atoms with Gasteiger partial charge < -0.3 is 10.2 Å². The van der Waals surface area contributed by atoms with Crippen molar-refractivity contribution in [3.8, 4) is 0 Å². The lowest BCUT2D eigenvalue weighted by Crippen LogP contribution is -2.35. The quantitative estimate of drug-likeness (QED) is 0.926. The second kappa shape index (κ2) is 7.45. The minimum absolute atomic E-state index is 0.0511. The van der Waals surface area contributed by atoms with Gasteiger partial charge in [0.15, 0.2) is 0 Å². The molecule has 2 aromatic rings. The molecule has 1 aliphatic rings. The third-order valence-corrected chi connectivity index (χ3v) is 4.34. The summed E-state index contributed by atoms with van der Waals surface area (Å²) in [5, 5.41) is 3.10. The highest BCUT2D eigenvalue weighted by Crippen LogP contribution is 2.24. The maximum Gasteiger partial charge on any atom is 0.257 e. The van der Waals surface area contributed by atoms with Crippen LogP contribution in [0.4, 0.5) is 5.69 Å². The molecule has 0 radical (unpaired) electrons. The smallest absolute Gasteiger partial charge is 0.257 e. The number of pyridine rings is 1. The van der Waals surface area contributed by atoms with Gasteiger partial charge in [0.2, 0.25) is 0 Å². The SMILES string of the molecule is O=C(Nc1ccc(C(=O)N2CCCCC2)c(Cl)c1)c1cccnc1. The summed E-state index contributed by atoms with van der Waals surface area (Å²) in [4.78, 5) is 30.4. The van der Waals surface area contributed by atoms with Crippen LogP contribution in [-0.2, 0) is 0 Å². The third-order valence-electron chi connectivity index (χ3n) is 4.02. The van der Waals surface area contributed by atoms with Crippen molar-refractivity contribution < 1.29 is 9.59 Å². The van der Waals surface area contributed by atoms with Crippen molar-refractivity contribution in [1.29, 1.82) is 0 Å². The molecule has 0 aliphatic carbocycles. The number of rotatable bonds is 3. The molecule has 1 N–H and O–H groups in total. The normalized spacial score (nSPS) is 14.3. The molecule has 2 heterocycles. The van der Waals surface area contributed by atoms with Crippen LogP contribution in [0.1, 0.15) is 40.0 Å². The Morgan fingerprint density at radius 3 is 2.58 bits per heavy atom. The summed E-state index contributed by atoms with van der Waals surface area (Å²) in [5.74, 6) is -0.320. The molecule has 1 aliphatic heterocycles. The highest BCUT2D eigenvalue weighted by atomic mass is 35.5. The van der Waals surface area contributed by atoms with E-state index in [2.05, 4.69) is 10.3 Å². The monoisotopic (exact) mass is 343 g/mol. The highest BCUT2D eigenvalue weighted by Gasteiger charge is 2.20. The first kappa shape index (κ1) is 16.5. The van der Waals surface area contributed by atoms with Gasteiger partial charge in [-0.15, -0.1) is 0 Å². The van der Waals surface area contributed by atoms with Crippen LogP contribution < -0.4 is 5.32 Å². The number of nitrogens with zero attached hydrogens (tertiary/aromatic N) is 2. The van der Waals surface area contributed by atoms with Gasteiger partial charge in [-0.3, -0.25) is 14.6 Å². The Balaban J connectivity index is 1.72. The van der Waals surface area contributed by atoms with Gasteiger partial charge in [-0.1, -0.05) is 11.6 Å². The highest BCUT2D eigenvalue weighted by molar-refractivity contribution is 6.34.